The lowest BCUT2D eigenvalue weighted by Crippen LogP contribution is -2.44. The van der Waals surface area contributed by atoms with Crippen molar-refractivity contribution in [2.45, 2.75) is 82.5 Å². The average Bonchev–Trinajstić information content (AvgIpc) is 3.01. The summed E-state index contributed by atoms with van der Waals surface area (Å²) in [6, 6.07) is 10.2. The molecular weight excluding hydrogens is 453 g/mol. The highest BCUT2D eigenvalue weighted by Crippen LogP contribution is 2.53. The molecule has 0 saturated heterocycles. The predicted molar refractivity (Wildman–Crippen MR) is 127 cm³/mol. The van der Waals surface area contributed by atoms with Gasteiger partial charge in [-0.25, -0.2) is 13.2 Å². The van der Waals surface area contributed by atoms with Gasteiger partial charge in [0.2, 0.25) is 0 Å². The van der Waals surface area contributed by atoms with Gasteiger partial charge in [-0.05, 0) is 77.8 Å². The van der Waals surface area contributed by atoms with E-state index in [0.29, 0.717) is 24.0 Å². The van der Waals surface area contributed by atoms with Gasteiger partial charge < -0.3 is 4.43 Å². The first-order chi connectivity index (χ1) is 15.8. The molecule has 0 fully saturated rings. The summed E-state index contributed by atoms with van der Waals surface area (Å²) >= 11 is 0. The first-order valence-corrected chi connectivity index (χ1v) is 14.6. The third kappa shape index (κ3) is 3.95. The molecule has 0 bridgehead atoms. The van der Waals surface area contributed by atoms with Crippen LogP contribution in [0.25, 0.3) is 0 Å². The van der Waals surface area contributed by atoms with E-state index in [1.807, 2.05) is 33.9 Å². The van der Waals surface area contributed by atoms with E-state index in [-0.39, 0.29) is 27.6 Å². The zero-order chi connectivity index (χ0) is 25.1. The fourth-order valence-corrected chi connectivity index (χ4v) is 6.33. The molecule has 0 N–H and O–H groups in total. The van der Waals surface area contributed by atoms with Gasteiger partial charge in [-0.15, -0.1) is 0 Å². The summed E-state index contributed by atoms with van der Waals surface area (Å²) in [4.78, 5) is 0. The zero-order valence-electron chi connectivity index (χ0n) is 20.2. The van der Waals surface area contributed by atoms with Crippen LogP contribution in [0.3, 0.4) is 0 Å². The Labute approximate surface area is 200 Å². The van der Waals surface area contributed by atoms with Gasteiger partial charge in [-0.2, -0.15) is 10.5 Å². The van der Waals surface area contributed by atoms with E-state index >= 15 is 8.78 Å². The second-order valence-electron chi connectivity index (χ2n) is 11.0. The number of alkyl halides is 2. The molecule has 1 unspecified atom stereocenters. The minimum atomic E-state index is -3.15. The molecule has 0 saturated carbocycles. The van der Waals surface area contributed by atoms with Crippen LogP contribution >= 0.6 is 0 Å². The number of nitrogens with zero attached hydrogens (tertiary/aromatic N) is 2. The summed E-state index contributed by atoms with van der Waals surface area (Å²) in [6.45, 7) is 9.85. The van der Waals surface area contributed by atoms with Crippen molar-refractivity contribution in [2.75, 3.05) is 0 Å². The molecule has 0 heterocycles. The topological polar surface area (TPSA) is 56.8 Å². The van der Waals surface area contributed by atoms with Crippen molar-refractivity contribution in [2.24, 2.45) is 0 Å². The van der Waals surface area contributed by atoms with Crippen LogP contribution in [0.4, 0.5) is 13.2 Å². The summed E-state index contributed by atoms with van der Waals surface area (Å²) in [5, 5.41) is 19.2. The Kier molecular flexibility index (Phi) is 5.95. The lowest BCUT2D eigenvalue weighted by molar-refractivity contribution is -0.0901. The number of nitriles is 2. The van der Waals surface area contributed by atoms with Gasteiger partial charge >= 0.3 is 0 Å². The van der Waals surface area contributed by atoms with Gasteiger partial charge in [0, 0.05) is 17.9 Å². The Hall–Kier alpha value is -2.61. The highest BCUT2D eigenvalue weighted by Gasteiger charge is 2.54. The molecule has 0 aromatic heterocycles. The second kappa shape index (κ2) is 8.25. The Morgan fingerprint density at radius 2 is 1.74 bits per heavy atom. The maximum absolute atomic E-state index is 15.6. The van der Waals surface area contributed by atoms with Crippen LogP contribution in [0.15, 0.2) is 24.3 Å². The molecule has 2 atom stereocenters. The van der Waals surface area contributed by atoms with E-state index in [1.54, 1.807) is 12.1 Å². The van der Waals surface area contributed by atoms with E-state index in [0.717, 1.165) is 17.5 Å². The van der Waals surface area contributed by atoms with Crippen molar-refractivity contribution in [3.63, 3.8) is 0 Å². The molecule has 34 heavy (non-hydrogen) atoms. The van der Waals surface area contributed by atoms with Crippen molar-refractivity contribution in [1.29, 1.82) is 10.5 Å². The van der Waals surface area contributed by atoms with Crippen LogP contribution in [-0.2, 0) is 17.3 Å². The maximum atomic E-state index is 15.6. The fraction of sp³-hybridized carbons (Fsp3) is 0.481. The first kappa shape index (κ1) is 24.5. The lowest BCUT2D eigenvalue weighted by atomic mass is 9.75. The van der Waals surface area contributed by atoms with E-state index in [2.05, 4.69) is 12.1 Å². The minimum absolute atomic E-state index is 0.204. The molecule has 178 valence electrons. The Bertz CT molecular complexity index is 1230. The summed E-state index contributed by atoms with van der Waals surface area (Å²) in [5.74, 6) is -3.92. The van der Waals surface area contributed by atoms with Crippen LogP contribution in [-0.4, -0.2) is 14.2 Å². The number of benzene rings is 2. The molecule has 2 aromatic rings. The normalized spacial score (nSPS) is 21.4. The Morgan fingerprint density at radius 1 is 1.06 bits per heavy atom. The standard InChI is InChI=1S/C27H29F3N2OSi/c1-26(2,3)34(4,5)33-25-24-17(14-31)9-10-20(22(24)13-27(25,29)30)21-8-6-7-16-11-19(28)12-18(15-32)23(16)21/h9-12,21,25H,6-8,13H2,1-5H3/t21?,25-/m0/s1. The molecule has 0 spiro atoms. The van der Waals surface area contributed by atoms with Gasteiger partial charge in [-0.3, -0.25) is 0 Å². The molecule has 4 rings (SSSR count). The van der Waals surface area contributed by atoms with Crippen LogP contribution < -0.4 is 0 Å². The highest BCUT2D eigenvalue weighted by atomic mass is 28.4. The smallest absolute Gasteiger partial charge is 0.280 e. The first-order valence-electron chi connectivity index (χ1n) is 11.6. The molecule has 7 heteroatoms. The molecule has 0 amide bonds. The van der Waals surface area contributed by atoms with E-state index < -0.39 is 32.6 Å². The molecular formula is C27H29F3N2OSi. The Balaban J connectivity index is 1.90. The van der Waals surface area contributed by atoms with Crippen LogP contribution in [0.1, 0.15) is 84.6 Å². The number of hydrogen-bond donors (Lipinski definition) is 0. The van der Waals surface area contributed by atoms with Crippen molar-refractivity contribution < 1.29 is 17.6 Å². The van der Waals surface area contributed by atoms with Crippen molar-refractivity contribution in [3.05, 3.63) is 69.0 Å². The quantitative estimate of drug-likeness (QED) is 0.432. The predicted octanol–water partition coefficient (Wildman–Crippen LogP) is 7.29. The highest BCUT2D eigenvalue weighted by molar-refractivity contribution is 6.74. The van der Waals surface area contributed by atoms with E-state index in [9.17, 15) is 14.9 Å². The maximum Gasteiger partial charge on any atom is 0.280 e. The summed E-state index contributed by atoms with van der Waals surface area (Å²) in [5.41, 5.74) is 3.34. The average molecular weight is 483 g/mol. The van der Waals surface area contributed by atoms with Gasteiger partial charge in [0.1, 0.15) is 11.9 Å². The summed E-state index contributed by atoms with van der Waals surface area (Å²) in [7, 11) is -2.57. The fourth-order valence-electron chi connectivity index (χ4n) is 5.10. The number of fused-ring (bicyclic) bond motifs is 2. The molecule has 2 aromatic carbocycles. The van der Waals surface area contributed by atoms with Gasteiger partial charge in [0.15, 0.2) is 8.32 Å². The van der Waals surface area contributed by atoms with Crippen LogP contribution in [0.5, 0.6) is 0 Å². The van der Waals surface area contributed by atoms with Crippen LogP contribution in [0, 0.1) is 28.5 Å². The lowest BCUT2D eigenvalue weighted by Gasteiger charge is -2.40. The number of halogens is 3. The van der Waals surface area contributed by atoms with Gasteiger partial charge in [0.05, 0.1) is 23.3 Å². The van der Waals surface area contributed by atoms with Gasteiger partial charge in [-0.1, -0.05) is 26.8 Å². The molecule has 2 aliphatic rings. The summed E-state index contributed by atoms with van der Waals surface area (Å²) in [6.07, 6.45) is 0.0852. The molecule has 3 nitrogen and oxygen atoms in total. The molecule has 0 aliphatic heterocycles. The third-order valence-corrected chi connectivity index (χ3v) is 12.2. The second-order valence-corrected chi connectivity index (χ2v) is 15.7. The molecule has 0 radical (unpaired) electrons. The van der Waals surface area contributed by atoms with Crippen LogP contribution in [0.2, 0.25) is 18.1 Å². The Morgan fingerprint density at radius 3 is 2.35 bits per heavy atom. The van der Waals surface area contributed by atoms with Crippen molar-refractivity contribution >= 4 is 8.32 Å². The summed E-state index contributed by atoms with van der Waals surface area (Å²) < 4.78 is 51.5. The number of hydrogen-bond acceptors (Lipinski definition) is 3. The zero-order valence-corrected chi connectivity index (χ0v) is 21.2. The third-order valence-electron chi connectivity index (χ3n) is 7.80. The SMILES string of the molecule is CC(C)(C)[Si](C)(C)O[C@H]1c2c(C#N)ccc(C3CCCc4cc(F)cc(C#N)c43)c2CC1(F)F. The largest absolute Gasteiger partial charge is 0.404 e. The minimum Gasteiger partial charge on any atom is -0.404 e. The van der Waals surface area contributed by atoms with Crippen molar-refractivity contribution in [3.8, 4) is 12.1 Å². The monoisotopic (exact) mass is 482 g/mol. The number of rotatable bonds is 3. The molecule has 2 aliphatic carbocycles. The van der Waals surface area contributed by atoms with E-state index in [4.69, 9.17) is 4.43 Å². The number of aryl methyl sites for hydroxylation is 1. The van der Waals surface area contributed by atoms with E-state index in [1.165, 1.54) is 12.1 Å². The van der Waals surface area contributed by atoms with Gasteiger partial charge in [0.25, 0.3) is 5.92 Å². The van der Waals surface area contributed by atoms with Crippen molar-refractivity contribution in [1.82, 2.24) is 0 Å².